The molecule has 1 fully saturated rings. The second-order valence-corrected chi connectivity index (χ2v) is 8.81. The number of hydrogen-bond acceptors (Lipinski definition) is 5. The summed E-state index contributed by atoms with van der Waals surface area (Å²) in [5.74, 6) is -0.367. The molecule has 1 atom stereocenters. The van der Waals surface area contributed by atoms with Crippen LogP contribution in [0.3, 0.4) is 0 Å². The van der Waals surface area contributed by atoms with Crippen LogP contribution in [0.25, 0.3) is 21.9 Å². The number of anilines is 1. The summed E-state index contributed by atoms with van der Waals surface area (Å²) in [4.78, 5) is 12.9. The number of nitrogen functional groups attached to an aromatic ring is 1. The molecule has 1 amide bonds. The Morgan fingerprint density at radius 1 is 1.26 bits per heavy atom. The van der Waals surface area contributed by atoms with E-state index in [9.17, 15) is 18.7 Å². The Hall–Kier alpha value is -3.24. The highest BCUT2D eigenvalue weighted by molar-refractivity contribution is 7.80. The molecule has 1 saturated heterocycles. The minimum Gasteiger partial charge on any atom is -0.530 e. The molecule has 0 saturated carbocycles. The van der Waals surface area contributed by atoms with Gasteiger partial charge in [0.25, 0.3) is 6.43 Å². The Morgan fingerprint density at radius 3 is 2.63 bits per heavy atom. The van der Waals surface area contributed by atoms with Crippen LogP contribution in [0.1, 0.15) is 5.56 Å². The summed E-state index contributed by atoms with van der Waals surface area (Å²) in [6, 6.07) is 10.5. The number of benzene rings is 3. The molecule has 1 aliphatic rings. The molecule has 3 aromatic carbocycles. The van der Waals surface area contributed by atoms with Crippen LogP contribution in [0.2, 0.25) is 5.02 Å². The van der Waals surface area contributed by atoms with Crippen molar-refractivity contribution >= 4 is 51.4 Å². The molecule has 1 unspecified atom stereocenters. The predicted molar refractivity (Wildman–Crippen MR) is 130 cm³/mol. The largest absolute Gasteiger partial charge is 0.530 e. The molecule has 1 aliphatic heterocycles. The van der Waals surface area contributed by atoms with E-state index in [1.165, 1.54) is 13.2 Å². The lowest BCUT2D eigenvalue weighted by molar-refractivity contribution is -0.267. The number of ether oxygens (including phenoxy) is 1. The van der Waals surface area contributed by atoms with Crippen molar-refractivity contribution in [2.24, 2.45) is 0 Å². The third-order valence-electron chi connectivity index (χ3n) is 6.06. The standard InChI is InChI=1S/C24H21ClF3N3O3S/c1-34-13-8-12-4-2-3-5-14(12)15(9-13)19-17(25)10-16(21(29)20(19)26)23(35)31-7-6-30(24(32)33)11-18(31)22(27)28/h2-5,8-10,18,22H,6-7,11,29H2,1H3,(H,32,33)/p-1. The molecule has 11 heteroatoms. The summed E-state index contributed by atoms with van der Waals surface area (Å²) in [6.45, 7) is -0.747. The van der Waals surface area contributed by atoms with Gasteiger partial charge >= 0.3 is 0 Å². The zero-order valence-corrected chi connectivity index (χ0v) is 20.0. The van der Waals surface area contributed by atoms with Crippen LogP contribution >= 0.6 is 23.8 Å². The van der Waals surface area contributed by atoms with Gasteiger partial charge in [0.2, 0.25) is 0 Å². The molecule has 184 valence electrons. The van der Waals surface area contributed by atoms with E-state index in [1.54, 1.807) is 24.3 Å². The Bertz CT molecular complexity index is 1320. The van der Waals surface area contributed by atoms with Gasteiger partial charge in [0.15, 0.2) is 5.82 Å². The average molecular weight is 523 g/mol. The Balaban J connectivity index is 1.79. The first-order valence-electron chi connectivity index (χ1n) is 10.5. The summed E-state index contributed by atoms with van der Waals surface area (Å²) in [5, 5.41) is 12.6. The van der Waals surface area contributed by atoms with Crippen LogP contribution in [0.5, 0.6) is 5.75 Å². The van der Waals surface area contributed by atoms with E-state index in [2.05, 4.69) is 0 Å². The van der Waals surface area contributed by atoms with E-state index in [0.29, 0.717) is 16.7 Å². The highest BCUT2D eigenvalue weighted by Crippen LogP contribution is 2.41. The van der Waals surface area contributed by atoms with Crippen molar-refractivity contribution in [3.63, 3.8) is 0 Å². The second-order valence-electron chi connectivity index (χ2n) is 8.02. The van der Waals surface area contributed by atoms with E-state index in [1.807, 2.05) is 12.1 Å². The molecule has 0 aliphatic carbocycles. The number of hydrogen-bond donors (Lipinski definition) is 1. The number of alkyl halides is 2. The number of nitrogens with two attached hydrogens (primary N) is 1. The fourth-order valence-corrected chi connectivity index (χ4v) is 4.95. The van der Waals surface area contributed by atoms with E-state index in [-0.39, 0.29) is 39.9 Å². The third-order valence-corrected chi connectivity index (χ3v) is 6.81. The average Bonchev–Trinajstić information content (AvgIpc) is 2.85. The molecule has 6 nitrogen and oxygen atoms in total. The van der Waals surface area contributed by atoms with Gasteiger partial charge in [-0.3, -0.25) is 0 Å². The van der Waals surface area contributed by atoms with Gasteiger partial charge in [0.05, 0.1) is 17.8 Å². The Kier molecular flexibility index (Phi) is 6.95. The lowest BCUT2D eigenvalue weighted by Gasteiger charge is -2.43. The summed E-state index contributed by atoms with van der Waals surface area (Å²) >= 11 is 11.9. The first-order chi connectivity index (χ1) is 16.6. The van der Waals surface area contributed by atoms with Crippen molar-refractivity contribution in [2.75, 3.05) is 32.5 Å². The monoisotopic (exact) mass is 522 g/mol. The lowest BCUT2D eigenvalue weighted by atomic mass is 9.95. The fourth-order valence-electron chi connectivity index (χ4n) is 4.26. The van der Waals surface area contributed by atoms with Gasteiger partial charge in [-0.05, 0) is 34.5 Å². The van der Waals surface area contributed by atoms with Crippen LogP contribution in [0.15, 0.2) is 42.5 Å². The van der Waals surface area contributed by atoms with Crippen molar-refractivity contribution in [1.82, 2.24) is 9.80 Å². The third kappa shape index (κ3) is 4.55. The minimum absolute atomic E-state index is 0.0191. The summed E-state index contributed by atoms with van der Waals surface area (Å²) in [7, 11) is 1.49. The zero-order chi connectivity index (χ0) is 25.4. The maximum atomic E-state index is 15.8. The number of carboxylic acid groups (broad SMARTS) is 1. The maximum absolute atomic E-state index is 15.8. The number of piperazine rings is 1. The molecule has 4 rings (SSSR count). The Labute approximate surface area is 209 Å². The molecule has 2 N–H and O–H groups in total. The first kappa shape index (κ1) is 24.9. The van der Waals surface area contributed by atoms with Crippen LogP contribution in [-0.4, -0.2) is 60.1 Å². The van der Waals surface area contributed by atoms with Crippen LogP contribution in [0, 0.1) is 5.82 Å². The molecule has 1 heterocycles. The SMILES string of the molecule is COc1cc(-c2c(Cl)cc(C(=S)N3CCN(C(=O)[O-])CC3C(F)F)c(N)c2F)c2ccccc2c1. The fraction of sp³-hybridized carbons (Fsp3) is 0.250. The van der Waals surface area contributed by atoms with Gasteiger partial charge in [-0.2, -0.15) is 0 Å². The molecular weight excluding hydrogens is 503 g/mol. The van der Waals surface area contributed by atoms with Gasteiger partial charge in [-0.15, -0.1) is 0 Å². The van der Waals surface area contributed by atoms with Crippen molar-refractivity contribution in [3.05, 3.63) is 58.9 Å². The van der Waals surface area contributed by atoms with E-state index in [0.717, 1.165) is 15.2 Å². The van der Waals surface area contributed by atoms with Crippen LogP contribution in [-0.2, 0) is 0 Å². The number of methoxy groups -OCH3 is 1. The van der Waals surface area contributed by atoms with Gasteiger partial charge in [-0.1, -0.05) is 48.1 Å². The number of fused-ring (bicyclic) bond motifs is 1. The van der Waals surface area contributed by atoms with Crippen LogP contribution < -0.4 is 15.6 Å². The van der Waals surface area contributed by atoms with E-state index >= 15 is 4.39 Å². The highest BCUT2D eigenvalue weighted by Gasteiger charge is 2.36. The Morgan fingerprint density at radius 2 is 1.97 bits per heavy atom. The predicted octanol–water partition coefficient (Wildman–Crippen LogP) is 4.16. The number of carbonyl (C=O) groups excluding carboxylic acids is 1. The number of rotatable bonds is 4. The lowest BCUT2D eigenvalue weighted by Crippen LogP contribution is -2.60. The van der Waals surface area contributed by atoms with Gasteiger partial charge in [-0.25, -0.2) is 13.2 Å². The maximum Gasteiger partial charge on any atom is 0.260 e. The minimum atomic E-state index is -2.92. The molecule has 0 aromatic heterocycles. The van der Waals surface area contributed by atoms with Crippen molar-refractivity contribution in [3.8, 4) is 16.9 Å². The number of nitrogens with zero attached hydrogens (tertiary/aromatic N) is 2. The normalized spacial score (nSPS) is 16.1. The molecule has 0 bridgehead atoms. The van der Waals surface area contributed by atoms with Crippen molar-refractivity contribution in [1.29, 1.82) is 0 Å². The zero-order valence-electron chi connectivity index (χ0n) is 18.4. The highest BCUT2D eigenvalue weighted by atomic mass is 35.5. The number of amides is 1. The smallest absolute Gasteiger partial charge is 0.260 e. The van der Waals surface area contributed by atoms with Gasteiger partial charge in [0, 0.05) is 30.8 Å². The van der Waals surface area contributed by atoms with E-state index in [4.69, 9.17) is 34.3 Å². The summed E-state index contributed by atoms with van der Waals surface area (Å²) < 4.78 is 48.6. The quantitative estimate of drug-likeness (QED) is 0.409. The summed E-state index contributed by atoms with van der Waals surface area (Å²) in [5.41, 5.74) is 6.23. The molecular formula is C24H20ClF3N3O3S-. The number of halogens is 4. The molecule has 0 radical (unpaired) electrons. The van der Waals surface area contributed by atoms with Gasteiger partial charge in [0.1, 0.15) is 22.9 Å². The molecule has 35 heavy (non-hydrogen) atoms. The van der Waals surface area contributed by atoms with Crippen molar-refractivity contribution < 1.29 is 27.8 Å². The summed E-state index contributed by atoms with van der Waals surface area (Å²) in [6.07, 6.45) is -4.47. The van der Waals surface area contributed by atoms with E-state index < -0.39 is 30.9 Å². The van der Waals surface area contributed by atoms with Gasteiger partial charge < -0.3 is 30.2 Å². The topological polar surface area (TPSA) is 81.9 Å². The first-order valence-corrected chi connectivity index (χ1v) is 11.3. The molecule has 3 aromatic rings. The number of carbonyl (C=O) groups is 1. The second kappa shape index (κ2) is 9.79. The van der Waals surface area contributed by atoms with Crippen molar-refractivity contribution in [2.45, 2.75) is 12.5 Å². The van der Waals surface area contributed by atoms with Crippen LogP contribution in [0.4, 0.5) is 23.7 Å². The molecule has 0 spiro atoms. The number of thiocarbonyl (C=S) groups is 1.